The van der Waals surface area contributed by atoms with Gasteiger partial charge in [-0.15, -0.1) is 0 Å². The van der Waals surface area contributed by atoms with E-state index >= 15 is 0 Å². The molecule has 9 nitrogen and oxygen atoms in total. The van der Waals surface area contributed by atoms with Crippen LogP contribution in [0.1, 0.15) is 18.4 Å². The van der Waals surface area contributed by atoms with Gasteiger partial charge in [-0.3, -0.25) is 10.1 Å². The van der Waals surface area contributed by atoms with E-state index in [2.05, 4.69) is 15.2 Å². The molecule has 0 saturated carbocycles. The highest BCUT2D eigenvalue weighted by atomic mass is 32.2. The van der Waals surface area contributed by atoms with E-state index in [1.54, 1.807) is 12.1 Å². The highest BCUT2D eigenvalue weighted by molar-refractivity contribution is 7.90. The smallest absolute Gasteiger partial charge is 0.293 e. The fourth-order valence-corrected chi connectivity index (χ4v) is 3.77. The number of hydrogen-bond acceptors (Lipinski definition) is 8. The van der Waals surface area contributed by atoms with Crippen molar-refractivity contribution in [3.63, 3.8) is 0 Å². The molecule has 1 aromatic carbocycles. The van der Waals surface area contributed by atoms with Gasteiger partial charge in [0.25, 0.3) is 5.69 Å². The number of benzene rings is 1. The van der Waals surface area contributed by atoms with Crippen LogP contribution in [0, 0.1) is 21.4 Å². The number of nitrogens with one attached hydrogen (secondary N) is 1. The molecule has 1 fully saturated rings. The topological polar surface area (TPSA) is 129 Å². The number of piperidine rings is 1. The fourth-order valence-electron chi connectivity index (χ4n) is 3.13. The monoisotopic (exact) mass is 401 g/mol. The lowest BCUT2D eigenvalue weighted by molar-refractivity contribution is -0.384. The van der Waals surface area contributed by atoms with Crippen LogP contribution < -0.4 is 10.2 Å². The molecule has 146 valence electrons. The molecule has 0 unspecified atom stereocenters. The van der Waals surface area contributed by atoms with Gasteiger partial charge in [0.05, 0.1) is 15.4 Å². The first-order valence-electron chi connectivity index (χ1n) is 8.64. The van der Waals surface area contributed by atoms with Crippen LogP contribution >= 0.6 is 0 Å². The molecule has 0 aliphatic carbocycles. The summed E-state index contributed by atoms with van der Waals surface area (Å²) in [6.07, 6.45) is 4.04. The summed E-state index contributed by atoms with van der Waals surface area (Å²) in [5, 5.41) is 23.4. The van der Waals surface area contributed by atoms with Crippen LogP contribution in [0.3, 0.4) is 0 Å². The molecule has 2 aromatic rings. The number of sulfone groups is 1. The second-order valence-corrected chi connectivity index (χ2v) is 8.65. The third kappa shape index (κ3) is 4.37. The molecule has 3 rings (SSSR count). The number of nitriles is 1. The number of hydrogen-bond donors (Lipinski definition) is 1. The second kappa shape index (κ2) is 7.82. The summed E-state index contributed by atoms with van der Waals surface area (Å²) in [4.78, 5) is 17.1. The Labute approximate surface area is 162 Å². The van der Waals surface area contributed by atoms with E-state index in [0.29, 0.717) is 24.3 Å². The summed E-state index contributed by atoms with van der Waals surface area (Å²) in [7, 11) is -3.52. The van der Waals surface area contributed by atoms with Gasteiger partial charge in [0.2, 0.25) is 0 Å². The minimum atomic E-state index is -3.52. The Morgan fingerprint density at radius 1 is 1.29 bits per heavy atom. The van der Waals surface area contributed by atoms with Crippen LogP contribution in [-0.4, -0.2) is 43.7 Å². The lowest BCUT2D eigenvalue weighted by Crippen LogP contribution is -2.39. The molecule has 0 radical (unpaired) electrons. The molecule has 2 heterocycles. The first-order valence-corrected chi connectivity index (χ1v) is 10.5. The zero-order valence-electron chi connectivity index (χ0n) is 15.2. The van der Waals surface area contributed by atoms with Gasteiger partial charge in [0, 0.05) is 37.7 Å². The van der Waals surface area contributed by atoms with E-state index in [0.717, 1.165) is 31.0 Å². The van der Waals surface area contributed by atoms with E-state index in [9.17, 15) is 18.5 Å². The van der Waals surface area contributed by atoms with Crippen molar-refractivity contribution in [3.8, 4) is 6.07 Å². The van der Waals surface area contributed by atoms with E-state index in [1.807, 2.05) is 6.07 Å². The molecule has 1 aliphatic rings. The summed E-state index contributed by atoms with van der Waals surface area (Å²) in [5.41, 5.74) is 0.566. The number of nitro groups is 1. The lowest BCUT2D eigenvalue weighted by atomic mass is 10.0. The van der Waals surface area contributed by atoms with Gasteiger partial charge in [-0.05, 0) is 37.1 Å². The summed E-state index contributed by atoms with van der Waals surface area (Å²) in [5.74, 6) is 0.793. The number of aromatic nitrogens is 1. The van der Waals surface area contributed by atoms with Gasteiger partial charge in [-0.25, -0.2) is 13.4 Å². The maximum Gasteiger partial charge on any atom is 0.293 e. The molecule has 0 spiro atoms. The van der Waals surface area contributed by atoms with E-state index in [1.165, 1.54) is 18.3 Å². The first kappa shape index (κ1) is 19.6. The van der Waals surface area contributed by atoms with Crippen LogP contribution in [-0.2, 0) is 9.84 Å². The van der Waals surface area contributed by atoms with Crippen LogP contribution in [0.25, 0.3) is 0 Å². The second-order valence-electron chi connectivity index (χ2n) is 6.63. The number of pyridine rings is 1. The third-order valence-electron chi connectivity index (χ3n) is 4.65. The molecule has 1 saturated heterocycles. The lowest BCUT2D eigenvalue weighted by Gasteiger charge is -2.33. The molecule has 0 atom stereocenters. The Bertz CT molecular complexity index is 1020. The first-order chi connectivity index (χ1) is 13.3. The molecule has 0 bridgehead atoms. The van der Waals surface area contributed by atoms with Gasteiger partial charge < -0.3 is 10.2 Å². The van der Waals surface area contributed by atoms with Gasteiger partial charge in [-0.1, -0.05) is 0 Å². The van der Waals surface area contributed by atoms with Crippen LogP contribution in [0.5, 0.6) is 0 Å². The molecule has 0 amide bonds. The third-order valence-corrected chi connectivity index (χ3v) is 5.76. The van der Waals surface area contributed by atoms with Crippen molar-refractivity contribution in [3.05, 3.63) is 52.2 Å². The summed E-state index contributed by atoms with van der Waals surface area (Å²) >= 11 is 0. The highest BCUT2D eigenvalue weighted by Gasteiger charge is 2.24. The van der Waals surface area contributed by atoms with E-state index in [-0.39, 0.29) is 16.6 Å². The Morgan fingerprint density at radius 3 is 2.54 bits per heavy atom. The molecular formula is C18H19N5O4S. The number of nitro benzene ring substituents is 1. The molecule has 1 aromatic heterocycles. The van der Waals surface area contributed by atoms with Crippen molar-refractivity contribution >= 4 is 27.0 Å². The van der Waals surface area contributed by atoms with Gasteiger partial charge in [-0.2, -0.15) is 5.26 Å². The standard InChI is InChI=1S/C18H19N5O4S/c1-28(26,27)15-3-4-16(17(10-15)23(24)25)21-14-6-8-22(9-7-14)18-5-2-13(11-19)12-20-18/h2-5,10,12,14,21H,6-9H2,1H3. The molecule has 28 heavy (non-hydrogen) atoms. The normalized spacial score (nSPS) is 15.1. The minimum Gasteiger partial charge on any atom is -0.377 e. The number of rotatable bonds is 5. The van der Waals surface area contributed by atoms with Gasteiger partial charge >= 0.3 is 0 Å². The van der Waals surface area contributed by atoms with E-state index in [4.69, 9.17) is 5.26 Å². The maximum atomic E-state index is 11.6. The predicted molar refractivity (Wildman–Crippen MR) is 104 cm³/mol. The molecular weight excluding hydrogens is 382 g/mol. The summed E-state index contributed by atoms with van der Waals surface area (Å²) < 4.78 is 23.3. The zero-order valence-corrected chi connectivity index (χ0v) is 16.0. The number of anilines is 2. The molecule has 1 N–H and O–H groups in total. The van der Waals surface area contributed by atoms with Crippen molar-refractivity contribution in [2.75, 3.05) is 29.6 Å². The van der Waals surface area contributed by atoms with Crippen molar-refractivity contribution in [2.45, 2.75) is 23.8 Å². The predicted octanol–water partition coefficient (Wildman–Crippen LogP) is 2.35. The SMILES string of the molecule is CS(=O)(=O)c1ccc(NC2CCN(c3ccc(C#N)cn3)CC2)c([N+](=O)[O-])c1. The largest absolute Gasteiger partial charge is 0.377 e. The fraction of sp³-hybridized carbons (Fsp3) is 0.333. The van der Waals surface area contributed by atoms with Crippen LogP contribution in [0.2, 0.25) is 0 Å². The Hall–Kier alpha value is -3.19. The Morgan fingerprint density at radius 2 is 2.00 bits per heavy atom. The quantitative estimate of drug-likeness (QED) is 0.597. The van der Waals surface area contributed by atoms with Gasteiger partial charge in [0.1, 0.15) is 17.6 Å². The van der Waals surface area contributed by atoms with Crippen molar-refractivity contribution in [1.82, 2.24) is 4.98 Å². The minimum absolute atomic E-state index is 0.0254. The van der Waals surface area contributed by atoms with Crippen molar-refractivity contribution in [2.24, 2.45) is 0 Å². The summed E-state index contributed by atoms with van der Waals surface area (Å²) in [6, 6.07) is 9.50. The highest BCUT2D eigenvalue weighted by Crippen LogP contribution is 2.30. The maximum absolute atomic E-state index is 11.6. The Kier molecular flexibility index (Phi) is 5.46. The Balaban J connectivity index is 1.69. The number of nitrogens with zero attached hydrogens (tertiary/aromatic N) is 4. The molecule has 1 aliphatic heterocycles. The van der Waals surface area contributed by atoms with Crippen LogP contribution in [0.15, 0.2) is 41.4 Å². The summed E-state index contributed by atoms with van der Waals surface area (Å²) in [6.45, 7) is 1.43. The molecule has 10 heteroatoms. The van der Waals surface area contributed by atoms with E-state index < -0.39 is 14.8 Å². The van der Waals surface area contributed by atoms with Crippen molar-refractivity contribution < 1.29 is 13.3 Å². The van der Waals surface area contributed by atoms with Gasteiger partial charge in [0.15, 0.2) is 9.84 Å². The van der Waals surface area contributed by atoms with Crippen LogP contribution in [0.4, 0.5) is 17.2 Å². The zero-order chi connectivity index (χ0) is 20.3. The van der Waals surface area contributed by atoms with Crippen molar-refractivity contribution in [1.29, 1.82) is 5.26 Å². The average Bonchev–Trinajstić information content (AvgIpc) is 2.68. The average molecular weight is 401 g/mol.